The van der Waals surface area contributed by atoms with Gasteiger partial charge in [0.25, 0.3) is 0 Å². The molecule has 1 aliphatic heterocycles. The summed E-state index contributed by atoms with van der Waals surface area (Å²) in [5.74, 6) is -0.229. The lowest BCUT2D eigenvalue weighted by molar-refractivity contribution is -0.127. The van der Waals surface area contributed by atoms with Crippen LogP contribution in [0.25, 0.3) is 0 Å². The van der Waals surface area contributed by atoms with Crippen LogP contribution < -0.4 is 16.4 Å². The average Bonchev–Trinajstić information content (AvgIpc) is 2.59. The predicted octanol–water partition coefficient (Wildman–Crippen LogP) is 2.08. The second kappa shape index (κ2) is 6.09. The summed E-state index contributed by atoms with van der Waals surface area (Å²) in [6, 6.07) is 15.3. The molecule has 5 nitrogen and oxygen atoms in total. The first-order valence-corrected chi connectivity index (χ1v) is 7.93. The van der Waals surface area contributed by atoms with Crippen LogP contribution in [0.1, 0.15) is 36.6 Å². The third kappa shape index (κ3) is 2.78. The number of nitrogens with two attached hydrogens (primary N) is 1. The highest BCUT2D eigenvalue weighted by Crippen LogP contribution is 2.38. The standard InChI is InChI=1S/C19H21N3O2/c1-19(2)15-6-4-3-5-14(15)17(22-18(19)24)12-7-9-13(10-8-12)21-16(23)11-20/h3-10,17H,11,20H2,1-2H3,(H,21,23)(H,22,24). The van der Waals surface area contributed by atoms with Gasteiger partial charge in [-0.2, -0.15) is 0 Å². The summed E-state index contributed by atoms with van der Waals surface area (Å²) in [5.41, 5.74) is 8.54. The SMILES string of the molecule is CC1(C)C(=O)NC(c2ccc(NC(=O)CN)cc2)c2ccccc21. The lowest BCUT2D eigenvalue weighted by atomic mass is 9.75. The van der Waals surface area contributed by atoms with Gasteiger partial charge < -0.3 is 16.4 Å². The van der Waals surface area contributed by atoms with Gasteiger partial charge >= 0.3 is 0 Å². The van der Waals surface area contributed by atoms with E-state index >= 15 is 0 Å². The van der Waals surface area contributed by atoms with Crippen molar-refractivity contribution in [3.63, 3.8) is 0 Å². The number of amides is 2. The molecule has 1 atom stereocenters. The fourth-order valence-corrected chi connectivity index (χ4v) is 3.06. The van der Waals surface area contributed by atoms with E-state index < -0.39 is 5.41 Å². The topological polar surface area (TPSA) is 84.2 Å². The third-order valence-corrected chi connectivity index (χ3v) is 4.50. The highest BCUT2D eigenvalue weighted by atomic mass is 16.2. The van der Waals surface area contributed by atoms with Crippen LogP contribution in [0.4, 0.5) is 5.69 Å². The molecule has 24 heavy (non-hydrogen) atoms. The van der Waals surface area contributed by atoms with Crippen LogP contribution in [0.15, 0.2) is 48.5 Å². The van der Waals surface area contributed by atoms with E-state index in [-0.39, 0.29) is 24.4 Å². The van der Waals surface area contributed by atoms with Gasteiger partial charge in [0.1, 0.15) is 0 Å². The summed E-state index contributed by atoms with van der Waals surface area (Å²) >= 11 is 0. The number of fused-ring (bicyclic) bond motifs is 1. The molecule has 4 N–H and O–H groups in total. The number of hydrogen-bond acceptors (Lipinski definition) is 3. The molecule has 1 aliphatic rings. The number of anilines is 1. The van der Waals surface area contributed by atoms with Crippen molar-refractivity contribution in [2.24, 2.45) is 5.73 Å². The number of benzene rings is 2. The van der Waals surface area contributed by atoms with Gasteiger partial charge in [-0.15, -0.1) is 0 Å². The minimum Gasteiger partial charge on any atom is -0.344 e. The van der Waals surface area contributed by atoms with E-state index in [1.165, 1.54) is 0 Å². The molecule has 2 aromatic carbocycles. The monoisotopic (exact) mass is 323 g/mol. The van der Waals surface area contributed by atoms with E-state index in [2.05, 4.69) is 10.6 Å². The molecule has 0 saturated heterocycles. The molecule has 1 heterocycles. The predicted molar refractivity (Wildman–Crippen MR) is 93.6 cm³/mol. The zero-order chi connectivity index (χ0) is 17.3. The highest BCUT2D eigenvalue weighted by molar-refractivity contribution is 5.92. The minimum atomic E-state index is -0.553. The Hall–Kier alpha value is -2.66. The molecule has 0 spiro atoms. The number of carbonyl (C=O) groups excluding carboxylic acids is 2. The molecule has 0 saturated carbocycles. The fourth-order valence-electron chi connectivity index (χ4n) is 3.06. The Bertz CT molecular complexity index is 781. The minimum absolute atomic E-state index is 0.00621. The molecule has 5 heteroatoms. The van der Waals surface area contributed by atoms with Gasteiger partial charge in [0.15, 0.2) is 0 Å². The lowest BCUT2D eigenvalue weighted by Crippen LogP contribution is -2.47. The molecule has 3 rings (SSSR count). The zero-order valence-corrected chi connectivity index (χ0v) is 13.8. The van der Waals surface area contributed by atoms with Crippen LogP contribution in [0.3, 0.4) is 0 Å². The summed E-state index contributed by atoms with van der Waals surface area (Å²) in [4.78, 5) is 23.9. The first-order valence-electron chi connectivity index (χ1n) is 7.93. The van der Waals surface area contributed by atoms with E-state index in [4.69, 9.17) is 5.73 Å². The Labute approximate surface area is 141 Å². The Balaban J connectivity index is 1.95. The van der Waals surface area contributed by atoms with E-state index in [9.17, 15) is 9.59 Å². The van der Waals surface area contributed by atoms with Crippen molar-refractivity contribution in [2.75, 3.05) is 11.9 Å². The van der Waals surface area contributed by atoms with Crippen molar-refractivity contribution >= 4 is 17.5 Å². The van der Waals surface area contributed by atoms with Gasteiger partial charge in [0.05, 0.1) is 18.0 Å². The maximum absolute atomic E-state index is 12.5. The summed E-state index contributed by atoms with van der Waals surface area (Å²) in [6.07, 6.45) is 0. The van der Waals surface area contributed by atoms with Crippen molar-refractivity contribution in [3.8, 4) is 0 Å². The van der Waals surface area contributed by atoms with Crippen molar-refractivity contribution < 1.29 is 9.59 Å². The maximum atomic E-state index is 12.5. The van der Waals surface area contributed by atoms with Gasteiger partial charge in [-0.25, -0.2) is 0 Å². The largest absolute Gasteiger partial charge is 0.344 e. The maximum Gasteiger partial charge on any atom is 0.238 e. The van der Waals surface area contributed by atoms with Gasteiger partial charge in [-0.1, -0.05) is 36.4 Å². The number of nitrogens with one attached hydrogen (secondary N) is 2. The molecular formula is C19H21N3O2. The van der Waals surface area contributed by atoms with E-state index in [1.807, 2.05) is 62.4 Å². The Morgan fingerprint density at radius 2 is 1.83 bits per heavy atom. The van der Waals surface area contributed by atoms with E-state index in [1.54, 1.807) is 0 Å². The summed E-state index contributed by atoms with van der Waals surface area (Å²) in [5, 5.41) is 5.82. The number of hydrogen-bond donors (Lipinski definition) is 3. The van der Waals surface area contributed by atoms with Gasteiger partial charge in [-0.05, 0) is 42.7 Å². The first-order chi connectivity index (χ1) is 11.4. The molecule has 124 valence electrons. The molecule has 0 radical (unpaired) electrons. The second-order valence-electron chi connectivity index (χ2n) is 6.49. The average molecular weight is 323 g/mol. The van der Waals surface area contributed by atoms with Crippen LogP contribution in [0.5, 0.6) is 0 Å². The Morgan fingerprint density at radius 3 is 2.50 bits per heavy atom. The highest BCUT2D eigenvalue weighted by Gasteiger charge is 2.39. The van der Waals surface area contributed by atoms with Gasteiger partial charge in [0.2, 0.25) is 11.8 Å². The molecule has 0 fully saturated rings. The molecule has 2 amide bonds. The van der Waals surface area contributed by atoms with E-state index in [0.29, 0.717) is 5.69 Å². The Morgan fingerprint density at radius 1 is 1.17 bits per heavy atom. The molecule has 1 unspecified atom stereocenters. The number of carbonyl (C=O) groups is 2. The van der Waals surface area contributed by atoms with Crippen LogP contribution in [-0.4, -0.2) is 18.4 Å². The van der Waals surface area contributed by atoms with Crippen LogP contribution >= 0.6 is 0 Å². The van der Waals surface area contributed by atoms with Crippen molar-refractivity contribution in [1.82, 2.24) is 5.32 Å². The third-order valence-electron chi connectivity index (χ3n) is 4.50. The molecule has 2 aromatic rings. The molecular weight excluding hydrogens is 302 g/mol. The van der Waals surface area contributed by atoms with Gasteiger partial charge in [0, 0.05) is 5.69 Å². The summed E-state index contributed by atoms with van der Waals surface area (Å²) < 4.78 is 0. The number of rotatable bonds is 3. The second-order valence-corrected chi connectivity index (χ2v) is 6.49. The Kier molecular flexibility index (Phi) is 4.11. The van der Waals surface area contributed by atoms with Crippen molar-refractivity contribution in [3.05, 3.63) is 65.2 Å². The van der Waals surface area contributed by atoms with Crippen molar-refractivity contribution in [2.45, 2.75) is 25.3 Å². The normalized spacial score (nSPS) is 18.5. The summed E-state index contributed by atoms with van der Waals surface area (Å²) in [6.45, 7) is 3.81. The van der Waals surface area contributed by atoms with Crippen molar-refractivity contribution in [1.29, 1.82) is 0 Å². The fraction of sp³-hybridized carbons (Fsp3) is 0.263. The smallest absolute Gasteiger partial charge is 0.238 e. The lowest BCUT2D eigenvalue weighted by Gasteiger charge is -2.37. The summed E-state index contributed by atoms with van der Waals surface area (Å²) in [7, 11) is 0. The first kappa shape index (κ1) is 16.2. The quantitative estimate of drug-likeness (QED) is 0.808. The molecule has 0 aromatic heterocycles. The molecule has 0 aliphatic carbocycles. The van der Waals surface area contributed by atoms with Crippen LogP contribution in [0.2, 0.25) is 0 Å². The van der Waals surface area contributed by atoms with Gasteiger partial charge in [-0.3, -0.25) is 9.59 Å². The zero-order valence-electron chi connectivity index (χ0n) is 13.8. The molecule has 0 bridgehead atoms. The van der Waals surface area contributed by atoms with E-state index in [0.717, 1.165) is 16.7 Å². The van der Waals surface area contributed by atoms with Crippen LogP contribution in [-0.2, 0) is 15.0 Å². The van der Waals surface area contributed by atoms with Crippen LogP contribution in [0, 0.1) is 0 Å².